The number of hydrogen-bond acceptors (Lipinski definition) is 5. The van der Waals surface area contributed by atoms with Crippen LogP contribution in [0.25, 0.3) is 0 Å². The Bertz CT molecular complexity index is 786. The van der Waals surface area contributed by atoms with Crippen LogP contribution in [-0.2, 0) is 23.8 Å². The lowest BCUT2D eigenvalue weighted by molar-refractivity contribution is -0.152. The molecule has 4 aliphatic rings. The highest BCUT2D eigenvalue weighted by Gasteiger charge is 2.37. The Labute approximate surface area is 126 Å². The van der Waals surface area contributed by atoms with Gasteiger partial charge in [0.15, 0.2) is 0 Å². The van der Waals surface area contributed by atoms with Crippen LogP contribution in [-0.4, -0.2) is 18.2 Å². The Morgan fingerprint density at radius 1 is 1.32 bits per heavy atom. The minimum Gasteiger partial charge on any atom is -0.458 e. The molecule has 5 heteroatoms. The summed E-state index contributed by atoms with van der Waals surface area (Å²) in [5.41, 5.74) is 3.61. The van der Waals surface area contributed by atoms with E-state index in [9.17, 15) is 9.59 Å². The van der Waals surface area contributed by atoms with Crippen molar-refractivity contribution >= 4 is 11.9 Å². The lowest BCUT2D eigenvalue weighted by Gasteiger charge is -2.10. The van der Waals surface area contributed by atoms with Crippen LogP contribution in [0.5, 0.6) is 0 Å². The van der Waals surface area contributed by atoms with Crippen LogP contribution in [0.2, 0.25) is 0 Å². The highest BCUT2D eigenvalue weighted by Crippen LogP contribution is 2.43. The van der Waals surface area contributed by atoms with Gasteiger partial charge in [0.05, 0.1) is 0 Å². The van der Waals surface area contributed by atoms with Crippen molar-refractivity contribution < 1.29 is 23.8 Å². The van der Waals surface area contributed by atoms with Crippen molar-refractivity contribution in [3.05, 3.63) is 70.3 Å². The number of fused-ring (bicyclic) bond motifs is 2. The van der Waals surface area contributed by atoms with E-state index in [1.807, 2.05) is 24.3 Å². The van der Waals surface area contributed by atoms with E-state index in [0.29, 0.717) is 16.9 Å². The molecule has 0 amide bonds. The fourth-order valence-corrected chi connectivity index (χ4v) is 2.71. The van der Waals surface area contributed by atoms with Gasteiger partial charge in [-0.15, -0.1) is 0 Å². The summed E-state index contributed by atoms with van der Waals surface area (Å²) in [6.07, 6.45) is 10.7. The Hall–Kier alpha value is -2.82. The lowest BCUT2D eigenvalue weighted by atomic mass is 10.0. The number of hydrogen-bond donors (Lipinski definition) is 0. The van der Waals surface area contributed by atoms with Crippen LogP contribution in [0.4, 0.5) is 0 Å². The molecule has 0 fully saturated rings. The quantitative estimate of drug-likeness (QED) is 0.445. The highest BCUT2D eigenvalue weighted by molar-refractivity contribution is 6.00. The molecule has 2 aliphatic carbocycles. The van der Waals surface area contributed by atoms with Crippen LogP contribution < -0.4 is 0 Å². The first-order chi connectivity index (χ1) is 10.6. The third-order valence-corrected chi connectivity index (χ3v) is 3.85. The van der Waals surface area contributed by atoms with Crippen molar-refractivity contribution in [2.24, 2.45) is 0 Å². The maximum absolute atomic E-state index is 12.0. The fraction of sp³-hybridized carbons (Fsp3) is 0.176. The summed E-state index contributed by atoms with van der Waals surface area (Å²) in [5, 5.41) is 0. The lowest BCUT2D eigenvalue weighted by Crippen LogP contribution is -2.10. The minimum absolute atomic E-state index is 0.340. The molecule has 4 rings (SSSR count). The van der Waals surface area contributed by atoms with Gasteiger partial charge in [0, 0.05) is 22.8 Å². The molecule has 0 aromatic heterocycles. The third-order valence-electron chi connectivity index (χ3n) is 3.85. The fourth-order valence-electron chi connectivity index (χ4n) is 2.71. The second-order valence-corrected chi connectivity index (χ2v) is 5.31. The molecular formula is C17H12O5. The maximum atomic E-state index is 12.0. The standard InChI is InChI=1S/C17H12O5/c1-9-6-14(21-16(9)18)20-8-13-12-7-10-4-2-3-5-11(10)15(12)22-17(13)19/h2-3,5-8,14H,4H2,1H3/b13-8+. The summed E-state index contributed by atoms with van der Waals surface area (Å²) < 4.78 is 15.7. The van der Waals surface area contributed by atoms with Crippen LogP contribution in [0.1, 0.15) is 13.3 Å². The second kappa shape index (κ2) is 4.59. The summed E-state index contributed by atoms with van der Waals surface area (Å²) in [5.74, 6) is -0.294. The SMILES string of the molecule is CC1=CC(O/C=C2/C(=O)OC3=C2C=C2CC=CC=C23)OC1=O. The predicted molar refractivity (Wildman–Crippen MR) is 75.8 cm³/mol. The Morgan fingerprint density at radius 2 is 2.18 bits per heavy atom. The van der Waals surface area contributed by atoms with E-state index in [-0.39, 0.29) is 0 Å². The largest absolute Gasteiger partial charge is 0.458 e. The van der Waals surface area contributed by atoms with Gasteiger partial charge in [-0.3, -0.25) is 0 Å². The molecule has 5 nitrogen and oxygen atoms in total. The van der Waals surface area contributed by atoms with Gasteiger partial charge in [-0.05, 0) is 25.0 Å². The molecule has 1 atom stereocenters. The van der Waals surface area contributed by atoms with Crippen LogP contribution >= 0.6 is 0 Å². The topological polar surface area (TPSA) is 61.8 Å². The zero-order chi connectivity index (χ0) is 15.3. The number of rotatable bonds is 2. The molecule has 0 spiro atoms. The number of ether oxygens (including phenoxy) is 3. The summed E-state index contributed by atoms with van der Waals surface area (Å²) in [4.78, 5) is 23.3. The first-order valence-corrected chi connectivity index (χ1v) is 6.93. The van der Waals surface area contributed by atoms with Crippen LogP contribution in [0.3, 0.4) is 0 Å². The van der Waals surface area contributed by atoms with E-state index >= 15 is 0 Å². The van der Waals surface area contributed by atoms with Gasteiger partial charge in [0.2, 0.25) is 0 Å². The highest BCUT2D eigenvalue weighted by atomic mass is 16.7. The van der Waals surface area contributed by atoms with Crippen LogP contribution in [0.15, 0.2) is 70.3 Å². The maximum Gasteiger partial charge on any atom is 0.347 e. The third kappa shape index (κ3) is 1.86. The van der Waals surface area contributed by atoms with Gasteiger partial charge in [-0.1, -0.05) is 18.2 Å². The Balaban J connectivity index is 1.60. The van der Waals surface area contributed by atoms with Crippen molar-refractivity contribution in [2.45, 2.75) is 19.6 Å². The molecule has 0 radical (unpaired) electrons. The number of cyclic esters (lactones) is 1. The summed E-state index contributed by atoms with van der Waals surface area (Å²) in [7, 11) is 0. The molecule has 2 aliphatic heterocycles. The molecule has 0 aromatic carbocycles. The van der Waals surface area contributed by atoms with E-state index in [2.05, 4.69) is 0 Å². The summed E-state index contributed by atoms with van der Waals surface area (Å²) >= 11 is 0. The zero-order valence-electron chi connectivity index (χ0n) is 11.8. The molecular weight excluding hydrogens is 284 g/mol. The van der Waals surface area contributed by atoms with Gasteiger partial charge in [0.1, 0.15) is 17.6 Å². The molecule has 0 aromatic rings. The molecule has 110 valence electrons. The Kier molecular flexibility index (Phi) is 2.69. The van der Waals surface area contributed by atoms with Crippen molar-refractivity contribution in [3.63, 3.8) is 0 Å². The van der Waals surface area contributed by atoms with Crippen LogP contribution in [0, 0.1) is 0 Å². The molecule has 22 heavy (non-hydrogen) atoms. The van der Waals surface area contributed by atoms with Crippen molar-refractivity contribution in [3.8, 4) is 0 Å². The van der Waals surface area contributed by atoms with Crippen molar-refractivity contribution in [1.29, 1.82) is 0 Å². The Morgan fingerprint density at radius 3 is 2.95 bits per heavy atom. The van der Waals surface area contributed by atoms with Gasteiger partial charge in [-0.25, -0.2) is 9.59 Å². The van der Waals surface area contributed by atoms with E-state index in [0.717, 1.165) is 23.1 Å². The van der Waals surface area contributed by atoms with E-state index < -0.39 is 18.2 Å². The molecule has 1 unspecified atom stereocenters. The van der Waals surface area contributed by atoms with Gasteiger partial charge >= 0.3 is 11.9 Å². The predicted octanol–water partition coefficient (Wildman–Crippen LogP) is 2.35. The average molecular weight is 296 g/mol. The van der Waals surface area contributed by atoms with Gasteiger partial charge < -0.3 is 14.2 Å². The molecule has 2 heterocycles. The average Bonchev–Trinajstić information content (AvgIpc) is 3.10. The number of carbonyl (C=O) groups is 2. The first-order valence-electron chi connectivity index (χ1n) is 6.93. The van der Waals surface area contributed by atoms with E-state index in [1.165, 1.54) is 6.26 Å². The minimum atomic E-state index is -0.797. The van der Waals surface area contributed by atoms with E-state index in [4.69, 9.17) is 14.2 Å². The first kappa shape index (κ1) is 12.9. The molecule has 0 saturated carbocycles. The molecule has 0 N–H and O–H groups in total. The normalized spacial score (nSPS) is 27.2. The molecule has 0 bridgehead atoms. The van der Waals surface area contributed by atoms with Crippen molar-refractivity contribution in [2.75, 3.05) is 0 Å². The smallest absolute Gasteiger partial charge is 0.347 e. The number of carbonyl (C=O) groups excluding carboxylic acids is 2. The number of allylic oxidation sites excluding steroid dienone is 5. The zero-order valence-corrected chi connectivity index (χ0v) is 11.8. The molecule has 0 saturated heterocycles. The van der Waals surface area contributed by atoms with Gasteiger partial charge in [0.25, 0.3) is 6.29 Å². The second-order valence-electron chi connectivity index (χ2n) is 5.31. The number of esters is 2. The summed E-state index contributed by atoms with van der Waals surface area (Å²) in [6, 6.07) is 0. The van der Waals surface area contributed by atoms with E-state index in [1.54, 1.807) is 13.0 Å². The van der Waals surface area contributed by atoms with Crippen molar-refractivity contribution in [1.82, 2.24) is 0 Å². The van der Waals surface area contributed by atoms with Gasteiger partial charge in [-0.2, -0.15) is 0 Å². The summed E-state index contributed by atoms with van der Waals surface area (Å²) in [6.45, 7) is 1.65. The monoisotopic (exact) mass is 296 g/mol.